The fraction of sp³-hybridized carbons (Fsp3) is 0.545. The first-order valence-electron chi connectivity index (χ1n) is 10.2. The third kappa shape index (κ3) is 5.19. The molecular weight excluding hydrogens is 338 g/mol. The van der Waals surface area contributed by atoms with E-state index in [0.717, 1.165) is 18.5 Å². The summed E-state index contributed by atoms with van der Waals surface area (Å²) in [5, 5.41) is 7.43. The minimum Gasteiger partial charge on any atom is -0.376 e. The molecule has 1 fully saturated rings. The summed E-state index contributed by atoms with van der Waals surface area (Å²) in [6.45, 7) is 6.11. The predicted molar refractivity (Wildman–Crippen MR) is 107 cm³/mol. The van der Waals surface area contributed by atoms with Crippen molar-refractivity contribution in [2.24, 2.45) is 5.92 Å². The zero-order valence-electron chi connectivity index (χ0n) is 16.5. The molecule has 0 spiro atoms. The van der Waals surface area contributed by atoms with E-state index in [-0.39, 0.29) is 5.91 Å². The van der Waals surface area contributed by atoms with Gasteiger partial charge in [-0.15, -0.1) is 0 Å². The average Bonchev–Trinajstić information content (AvgIpc) is 3.09. The van der Waals surface area contributed by atoms with Gasteiger partial charge in [-0.2, -0.15) is 5.10 Å². The third-order valence-corrected chi connectivity index (χ3v) is 5.46. The Bertz CT molecular complexity index is 726. The summed E-state index contributed by atoms with van der Waals surface area (Å²) in [7, 11) is 0. The number of aromatic nitrogens is 2. The lowest BCUT2D eigenvalue weighted by Crippen LogP contribution is -2.32. The van der Waals surface area contributed by atoms with Gasteiger partial charge in [0.25, 0.3) is 5.91 Å². The standard InChI is InChI=1S/C22H31N3O2/c1-3-20-19(15-24-25(20)16-18-10-5-4-6-11-18)22(26)23-13-14-27-21-12-8-7-9-17(21)2/h4-6,10-11,15,17,21H,3,7-9,12-14,16H2,1-2H3,(H,23,26). The average molecular weight is 370 g/mol. The minimum atomic E-state index is -0.0635. The second kappa shape index (κ2) is 9.70. The first kappa shape index (κ1) is 19.6. The van der Waals surface area contributed by atoms with Crippen molar-refractivity contribution in [2.45, 2.75) is 58.6 Å². The van der Waals surface area contributed by atoms with Crippen LogP contribution in [0.2, 0.25) is 0 Å². The van der Waals surface area contributed by atoms with E-state index in [1.165, 1.54) is 24.8 Å². The van der Waals surface area contributed by atoms with Crippen LogP contribution in [0.4, 0.5) is 0 Å². The zero-order valence-corrected chi connectivity index (χ0v) is 16.5. The van der Waals surface area contributed by atoms with E-state index in [4.69, 9.17) is 4.74 Å². The van der Waals surface area contributed by atoms with Gasteiger partial charge >= 0.3 is 0 Å². The molecule has 0 aliphatic heterocycles. The van der Waals surface area contributed by atoms with Crippen LogP contribution in [0, 0.1) is 5.92 Å². The van der Waals surface area contributed by atoms with Gasteiger partial charge in [0.2, 0.25) is 0 Å². The van der Waals surface area contributed by atoms with E-state index >= 15 is 0 Å². The van der Waals surface area contributed by atoms with Crippen molar-refractivity contribution in [3.05, 3.63) is 53.3 Å². The van der Waals surface area contributed by atoms with Crippen molar-refractivity contribution in [3.63, 3.8) is 0 Å². The van der Waals surface area contributed by atoms with Crippen LogP contribution in [-0.2, 0) is 17.7 Å². The maximum Gasteiger partial charge on any atom is 0.254 e. The van der Waals surface area contributed by atoms with Gasteiger partial charge < -0.3 is 10.1 Å². The van der Waals surface area contributed by atoms with Crippen LogP contribution >= 0.6 is 0 Å². The highest BCUT2D eigenvalue weighted by Crippen LogP contribution is 2.26. The molecule has 0 radical (unpaired) electrons. The highest BCUT2D eigenvalue weighted by Gasteiger charge is 2.22. The maximum absolute atomic E-state index is 12.6. The highest BCUT2D eigenvalue weighted by atomic mass is 16.5. The Morgan fingerprint density at radius 3 is 2.78 bits per heavy atom. The predicted octanol–water partition coefficient (Wildman–Crippen LogP) is 3.82. The largest absolute Gasteiger partial charge is 0.376 e. The van der Waals surface area contributed by atoms with Crippen LogP contribution in [0.3, 0.4) is 0 Å². The van der Waals surface area contributed by atoms with E-state index in [1.807, 2.05) is 22.9 Å². The first-order chi connectivity index (χ1) is 13.2. The molecule has 1 amide bonds. The molecule has 2 unspecified atom stereocenters. The number of nitrogens with one attached hydrogen (secondary N) is 1. The van der Waals surface area contributed by atoms with E-state index < -0.39 is 0 Å². The zero-order chi connectivity index (χ0) is 19.1. The van der Waals surface area contributed by atoms with Crippen LogP contribution in [0.5, 0.6) is 0 Å². The Morgan fingerprint density at radius 2 is 2.04 bits per heavy atom. The van der Waals surface area contributed by atoms with Crippen molar-refractivity contribution in [1.29, 1.82) is 0 Å². The number of ether oxygens (including phenoxy) is 1. The Hall–Kier alpha value is -2.14. The number of carbonyl (C=O) groups is 1. The van der Waals surface area contributed by atoms with Crippen molar-refractivity contribution in [2.75, 3.05) is 13.2 Å². The molecule has 0 saturated heterocycles. The highest BCUT2D eigenvalue weighted by molar-refractivity contribution is 5.95. The van der Waals surface area contributed by atoms with E-state index in [9.17, 15) is 4.79 Å². The molecule has 1 aliphatic rings. The molecule has 2 atom stereocenters. The van der Waals surface area contributed by atoms with Gasteiger partial charge in [0.1, 0.15) is 0 Å². The second-order valence-electron chi connectivity index (χ2n) is 7.43. The Balaban J connectivity index is 1.52. The van der Waals surface area contributed by atoms with Gasteiger partial charge in [0.15, 0.2) is 0 Å². The summed E-state index contributed by atoms with van der Waals surface area (Å²) >= 11 is 0. The minimum absolute atomic E-state index is 0.0635. The molecule has 1 N–H and O–H groups in total. The van der Waals surface area contributed by atoms with Crippen LogP contribution in [0.1, 0.15) is 61.1 Å². The lowest BCUT2D eigenvalue weighted by Gasteiger charge is -2.28. The summed E-state index contributed by atoms with van der Waals surface area (Å²) in [5.74, 6) is 0.559. The molecule has 2 aromatic rings. The van der Waals surface area contributed by atoms with Gasteiger partial charge in [0.05, 0.1) is 36.7 Å². The summed E-state index contributed by atoms with van der Waals surface area (Å²) in [4.78, 5) is 12.6. The summed E-state index contributed by atoms with van der Waals surface area (Å²) in [6, 6.07) is 10.2. The Labute approximate surface area is 162 Å². The Morgan fingerprint density at radius 1 is 1.26 bits per heavy atom. The molecule has 1 heterocycles. The molecule has 0 bridgehead atoms. The van der Waals surface area contributed by atoms with Crippen LogP contribution < -0.4 is 5.32 Å². The maximum atomic E-state index is 12.6. The summed E-state index contributed by atoms with van der Waals surface area (Å²) in [5.41, 5.74) is 2.81. The molecule has 1 saturated carbocycles. The molecule has 146 valence electrons. The lowest BCUT2D eigenvalue weighted by molar-refractivity contribution is -0.00294. The van der Waals surface area contributed by atoms with Crippen LogP contribution in [-0.4, -0.2) is 34.9 Å². The van der Waals surface area contributed by atoms with E-state index in [1.54, 1.807) is 6.20 Å². The van der Waals surface area contributed by atoms with Gasteiger partial charge in [0, 0.05) is 6.54 Å². The fourth-order valence-corrected chi connectivity index (χ4v) is 3.87. The first-order valence-corrected chi connectivity index (χ1v) is 10.2. The van der Waals surface area contributed by atoms with Gasteiger partial charge in [-0.3, -0.25) is 9.48 Å². The number of amides is 1. The van der Waals surface area contributed by atoms with Gasteiger partial charge in [-0.1, -0.05) is 57.0 Å². The van der Waals surface area contributed by atoms with Crippen LogP contribution in [0.15, 0.2) is 36.5 Å². The van der Waals surface area contributed by atoms with Gasteiger partial charge in [-0.05, 0) is 30.7 Å². The van der Waals surface area contributed by atoms with Crippen LogP contribution in [0.25, 0.3) is 0 Å². The molecule has 5 nitrogen and oxygen atoms in total. The lowest BCUT2D eigenvalue weighted by atomic mass is 9.88. The SMILES string of the molecule is CCc1c(C(=O)NCCOC2CCCCC2C)cnn1Cc1ccccc1. The molecule has 1 aliphatic carbocycles. The number of hydrogen-bond donors (Lipinski definition) is 1. The number of hydrogen-bond acceptors (Lipinski definition) is 3. The number of carbonyl (C=O) groups excluding carboxylic acids is 1. The monoisotopic (exact) mass is 369 g/mol. The van der Waals surface area contributed by atoms with Crippen molar-refractivity contribution >= 4 is 5.91 Å². The third-order valence-electron chi connectivity index (χ3n) is 5.46. The second-order valence-corrected chi connectivity index (χ2v) is 7.43. The van der Waals surface area contributed by atoms with E-state index in [2.05, 4.69) is 36.4 Å². The smallest absolute Gasteiger partial charge is 0.254 e. The van der Waals surface area contributed by atoms with Crippen molar-refractivity contribution in [3.8, 4) is 0 Å². The quantitative estimate of drug-likeness (QED) is 0.720. The fourth-order valence-electron chi connectivity index (χ4n) is 3.87. The van der Waals surface area contributed by atoms with Gasteiger partial charge in [-0.25, -0.2) is 0 Å². The molecule has 27 heavy (non-hydrogen) atoms. The van der Waals surface area contributed by atoms with E-state index in [0.29, 0.717) is 37.3 Å². The molecule has 3 rings (SSSR count). The molecular formula is C22H31N3O2. The van der Waals surface area contributed by atoms with Crippen molar-refractivity contribution in [1.82, 2.24) is 15.1 Å². The Kier molecular flexibility index (Phi) is 7.04. The number of nitrogens with zero attached hydrogens (tertiary/aromatic N) is 2. The van der Waals surface area contributed by atoms with Crippen molar-refractivity contribution < 1.29 is 9.53 Å². The normalized spacial score (nSPS) is 19.8. The molecule has 1 aromatic carbocycles. The number of benzene rings is 1. The molecule has 5 heteroatoms. The molecule has 1 aromatic heterocycles. The number of rotatable bonds is 8. The topological polar surface area (TPSA) is 56.1 Å². The summed E-state index contributed by atoms with van der Waals surface area (Å²) < 4.78 is 7.91. The summed E-state index contributed by atoms with van der Waals surface area (Å²) in [6.07, 6.45) is 7.74.